The van der Waals surface area contributed by atoms with E-state index in [4.69, 9.17) is 11.6 Å². The van der Waals surface area contributed by atoms with E-state index in [9.17, 15) is 12.8 Å². The predicted octanol–water partition coefficient (Wildman–Crippen LogP) is 2.39. The Hall–Kier alpha value is -1.70. The van der Waals surface area contributed by atoms with Crippen LogP contribution in [0.2, 0.25) is 5.02 Å². The second-order valence-corrected chi connectivity index (χ2v) is 6.27. The first-order valence-electron chi connectivity index (χ1n) is 6.00. The first-order valence-corrected chi connectivity index (χ1v) is 7.86. The molecule has 0 fully saturated rings. The number of pyridine rings is 1. The third-order valence-corrected chi connectivity index (χ3v) is 4.39. The average molecular weight is 330 g/mol. The Balaban J connectivity index is 2.20. The van der Waals surface area contributed by atoms with Crippen molar-refractivity contribution in [3.8, 4) is 0 Å². The maximum Gasteiger partial charge on any atom is 0.260 e. The number of anilines is 1. The summed E-state index contributed by atoms with van der Waals surface area (Å²) in [5.74, 6) is -0.550. The van der Waals surface area contributed by atoms with Gasteiger partial charge in [0.2, 0.25) is 0 Å². The van der Waals surface area contributed by atoms with Gasteiger partial charge < -0.3 is 5.32 Å². The number of halogens is 2. The van der Waals surface area contributed by atoms with E-state index in [0.717, 1.165) is 0 Å². The van der Waals surface area contributed by atoms with Gasteiger partial charge in [-0.05, 0) is 29.8 Å². The predicted molar refractivity (Wildman–Crippen MR) is 79.2 cm³/mol. The molecule has 8 heteroatoms. The van der Waals surface area contributed by atoms with Crippen LogP contribution in [-0.2, 0) is 16.6 Å². The number of hydrogen-bond acceptors (Lipinski definition) is 4. The lowest BCUT2D eigenvalue weighted by atomic mass is 10.2. The molecule has 21 heavy (non-hydrogen) atoms. The van der Waals surface area contributed by atoms with Crippen molar-refractivity contribution >= 4 is 27.3 Å². The van der Waals surface area contributed by atoms with Crippen LogP contribution < -0.4 is 10.0 Å². The summed E-state index contributed by atoms with van der Waals surface area (Å²) in [5, 5.41) is 2.61. The maximum atomic E-state index is 13.0. The lowest BCUT2D eigenvalue weighted by Crippen LogP contribution is -2.25. The zero-order valence-corrected chi connectivity index (χ0v) is 12.7. The van der Waals surface area contributed by atoms with Gasteiger partial charge in [-0.2, -0.15) is 0 Å². The molecule has 0 aliphatic rings. The molecule has 5 nitrogen and oxygen atoms in total. The molecule has 0 unspecified atom stereocenters. The Bertz CT molecular complexity index is 753. The van der Waals surface area contributed by atoms with Crippen molar-refractivity contribution in [2.45, 2.75) is 11.6 Å². The zero-order chi connectivity index (χ0) is 15.5. The van der Waals surface area contributed by atoms with E-state index < -0.39 is 15.8 Å². The molecule has 112 valence electrons. The highest BCUT2D eigenvalue weighted by molar-refractivity contribution is 7.89. The van der Waals surface area contributed by atoms with Crippen LogP contribution in [0.25, 0.3) is 0 Å². The summed E-state index contributed by atoms with van der Waals surface area (Å²) in [7, 11) is -2.18. The number of aromatic nitrogens is 1. The van der Waals surface area contributed by atoms with Gasteiger partial charge in [-0.3, -0.25) is 0 Å². The summed E-state index contributed by atoms with van der Waals surface area (Å²) >= 11 is 5.65. The van der Waals surface area contributed by atoms with Gasteiger partial charge >= 0.3 is 0 Å². The van der Waals surface area contributed by atoms with Crippen LogP contribution in [0.15, 0.2) is 41.6 Å². The van der Waals surface area contributed by atoms with Crippen LogP contribution in [0.4, 0.5) is 10.1 Å². The first-order chi connectivity index (χ1) is 9.94. The van der Waals surface area contributed by atoms with Gasteiger partial charge in [0, 0.05) is 19.8 Å². The Morgan fingerprint density at radius 2 is 2.10 bits per heavy atom. The van der Waals surface area contributed by atoms with Gasteiger partial charge in [-0.15, -0.1) is 0 Å². The Labute approximate surface area is 127 Å². The third kappa shape index (κ3) is 3.69. The van der Waals surface area contributed by atoms with E-state index >= 15 is 0 Å². The van der Waals surface area contributed by atoms with E-state index in [-0.39, 0.29) is 16.6 Å². The summed E-state index contributed by atoms with van der Waals surface area (Å²) < 4.78 is 39.9. The molecule has 0 spiro atoms. The summed E-state index contributed by atoms with van der Waals surface area (Å²) in [5.41, 5.74) is 0.939. The summed E-state index contributed by atoms with van der Waals surface area (Å²) in [6, 6.07) is 7.25. The third-order valence-electron chi connectivity index (χ3n) is 2.75. The first kappa shape index (κ1) is 15.7. The van der Waals surface area contributed by atoms with Crippen LogP contribution in [0.1, 0.15) is 5.56 Å². The molecule has 2 rings (SSSR count). The number of nitrogens with zero attached hydrogens (tertiary/aromatic N) is 1. The van der Waals surface area contributed by atoms with Crippen LogP contribution in [-0.4, -0.2) is 20.4 Å². The minimum Gasteiger partial charge on any atom is -0.386 e. The monoisotopic (exact) mass is 329 g/mol. The second kappa shape index (κ2) is 6.38. The number of nitrogens with one attached hydrogen (secondary N) is 2. The quantitative estimate of drug-likeness (QED) is 0.883. The van der Waals surface area contributed by atoms with Gasteiger partial charge in [-0.1, -0.05) is 17.7 Å². The minimum absolute atomic E-state index is 0.0118. The molecule has 0 saturated heterocycles. The normalized spacial score (nSPS) is 11.4. The fraction of sp³-hybridized carbons (Fsp3) is 0.154. The highest BCUT2D eigenvalue weighted by Crippen LogP contribution is 2.19. The van der Waals surface area contributed by atoms with Crippen LogP contribution >= 0.6 is 11.6 Å². The lowest BCUT2D eigenvalue weighted by Gasteiger charge is -2.10. The van der Waals surface area contributed by atoms with Crippen molar-refractivity contribution < 1.29 is 12.8 Å². The summed E-state index contributed by atoms with van der Waals surface area (Å²) in [4.78, 5) is 3.87. The molecule has 1 heterocycles. The van der Waals surface area contributed by atoms with Gasteiger partial charge in [0.15, 0.2) is 5.03 Å². The van der Waals surface area contributed by atoms with Crippen molar-refractivity contribution in [3.63, 3.8) is 0 Å². The second-order valence-electron chi connectivity index (χ2n) is 4.18. The zero-order valence-electron chi connectivity index (χ0n) is 11.1. The molecule has 0 aliphatic heterocycles. The van der Waals surface area contributed by atoms with E-state index in [1.54, 1.807) is 19.2 Å². The van der Waals surface area contributed by atoms with Crippen LogP contribution in [0.5, 0.6) is 0 Å². The molecule has 0 atom stereocenters. The number of sulfonamides is 1. The Morgan fingerprint density at radius 3 is 2.76 bits per heavy atom. The summed E-state index contributed by atoms with van der Waals surface area (Å²) in [6.07, 6.45) is 1.39. The average Bonchev–Trinajstić information content (AvgIpc) is 2.48. The van der Waals surface area contributed by atoms with Crippen molar-refractivity contribution in [2.24, 2.45) is 0 Å². The standard InChI is InChI=1S/C13H13ClFN3O2S/c1-16-12-3-2-6-17-13(12)21(19,20)18-8-9-4-5-11(15)10(14)7-9/h2-7,16,18H,8H2,1H3. The van der Waals surface area contributed by atoms with Gasteiger partial charge in [0.25, 0.3) is 10.0 Å². The van der Waals surface area contributed by atoms with E-state index in [1.165, 1.54) is 24.4 Å². The Morgan fingerprint density at radius 1 is 1.33 bits per heavy atom. The molecule has 0 amide bonds. The van der Waals surface area contributed by atoms with Crippen molar-refractivity contribution in [1.29, 1.82) is 0 Å². The smallest absolute Gasteiger partial charge is 0.260 e. The molecule has 1 aromatic carbocycles. The largest absolute Gasteiger partial charge is 0.386 e. The molecule has 0 aliphatic carbocycles. The van der Waals surface area contributed by atoms with Crippen LogP contribution in [0.3, 0.4) is 0 Å². The number of hydrogen-bond donors (Lipinski definition) is 2. The van der Waals surface area contributed by atoms with Crippen molar-refractivity contribution in [2.75, 3.05) is 12.4 Å². The van der Waals surface area contributed by atoms with Crippen molar-refractivity contribution in [1.82, 2.24) is 9.71 Å². The van der Waals surface area contributed by atoms with Gasteiger partial charge in [-0.25, -0.2) is 22.5 Å². The molecule has 0 bridgehead atoms. The number of rotatable bonds is 5. The molecule has 2 aromatic rings. The molecule has 1 aromatic heterocycles. The fourth-order valence-electron chi connectivity index (χ4n) is 1.69. The van der Waals surface area contributed by atoms with Gasteiger partial charge in [0.05, 0.1) is 10.7 Å². The number of benzene rings is 1. The van der Waals surface area contributed by atoms with Gasteiger partial charge in [0.1, 0.15) is 5.82 Å². The molecular formula is C13H13ClFN3O2S. The van der Waals surface area contributed by atoms with E-state index in [0.29, 0.717) is 11.3 Å². The lowest BCUT2D eigenvalue weighted by molar-refractivity contribution is 0.577. The highest BCUT2D eigenvalue weighted by atomic mass is 35.5. The maximum absolute atomic E-state index is 13.0. The topological polar surface area (TPSA) is 71.1 Å². The SMILES string of the molecule is CNc1cccnc1S(=O)(=O)NCc1ccc(F)c(Cl)c1. The van der Waals surface area contributed by atoms with Crippen molar-refractivity contribution in [3.05, 3.63) is 52.9 Å². The molecular weight excluding hydrogens is 317 g/mol. The fourth-order valence-corrected chi connectivity index (χ4v) is 3.05. The Kier molecular flexibility index (Phi) is 4.76. The van der Waals surface area contributed by atoms with E-state index in [1.807, 2.05) is 0 Å². The summed E-state index contributed by atoms with van der Waals surface area (Å²) in [6.45, 7) is -0.0118. The molecule has 0 saturated carbocycles. The van der Waals surface area contributed by atoms with Crippen LogP contribution in [0, 0.1) is 5.82 Å². The van der Waals surface area contributed by atoms with E-state index in [2.05, 4.69) is 15.0 Å². The molecule has 2 N–H and O–H groups in total. The highest BCUT2D eigenvalue weighted by Gasteiger charge is 2.19. The minimum atomic E-state index is -3.78. The molecule has 0 radical (unpaired) electrons.